The van der Waals surface area contributed by atoms with Crippen LogP contribution in [0.15, 0.2) is 0 Å². The Morgan fingerprint density at radius 2 is 0.512 bits per heavy atom. The molecule has 0 amide bonds. The van der Waals surface area contributed by atoms with E-state index >= 15 is 0 Å². The first-order chi connectivity index (χ1) is 21.2. The molecule has 5 heteroatoms. The Kier molecular flexibility index (Phi) is 36.9. The minimum absolute atomic E-state index is 0.0652. The van der Waals surface area contributed by atoms with Crippen molar-refractivity contribution in [2.45, 2.75) is 205 Å². The van der Waals surface area contributed by atoms with E-state index in [1.165, 1.54) is 206 Å². The van der Waals surface area contributed by atoms with E-state index in [-0.39, 0.29) is 11.9 Å². The van der Waals surface area contributed by atoms with E-state index < -0.39 is 0 Å². The molecule has 0 unspecified atom stereocenters. The van der Waals surface area contributed by atoms with Crippen molar-refractivity contribution in [3.63, 3.8) is 0 Å². The van der Waals surface area contributed by atoms with E-state index in [1.807, 2.05) is 0 Å². The summed E-state index contributed by atoms with van der Waals surface area (Å²) in [5.41, 5.74) is 0. The van der Waals surface area contributed by atoms with Crippen molar-refractivity contribution in [3.8, 4) is 0 Å². The van der Waals surface area contributed by atoms with Crippen molar-refractivity contribution in [3.05, 3.63) is 0 Å². The summed E-state index contributed by atoms with van der Waals surface area (Å²) in [5, 5.41) is 0. The third-order valence-electron chi connectivity index (χ3n) is 8.79. The Labute approximate surface area is 273 Å². The topological polar surface area (TPSA) is 52.6 Å². The lowest BCUT2D eigenvalue weighted by atomic mass is 10.0. The van der Waals surface area contributed by atoms with Gasteiger partial charge in [0.2, 0.25) is 0 Å². The van der Waals surface area contributed by atoms with Crippen LogP contribution in [0.1, 0.15) is 205 Å². The minimum atomic E-state index is -0.0652. The standard InChI is InChI=1S/C38H74O4S/c1-41-37(39)33-29-25-21-17-13-9-5-3-7-11-15-19-23-27-31-35-43-36-32-28-24-20-16-12-8-4-6-10-14-18-22-26-30-34-38(40)42-2/h3-36H2,1-2H3. The Morgan fingerprint density at radius 3 is 0.721 bits per heavy atom. The zero-order valence-corrected chi connectivity index (χ0v) is 29.9. The summed E-state index contributed by atoms with van der Waals surface area (Å²) in [6, 6.07) is 0. The van der Waals surface area contributed by atoms with Crippen LogP contribution in [-0.4, -0.2) is 37.7 Å². The van der Waals surface area contributed by atoms with Gasteiger partial charge in [-0.1, -0.05) is 167 Å². The molecule has 0 bridgehead atoms. The van der Waals surface area contributed by atoms with Gasteiger partial charge in [0.15, 0.2) is 0 Å². The maximum absolute atomic E-state index is 11.1. The first-order valence-electron chi connectivity index (χ1n) is 18.9. The first-order valence-corrected chi connectivity index (χ1v) is 20.1. The van der Waals surface area contributed by atoms with Crippen LogP contribution in [-0.2, 0) is 19.1 Å². The van der Waals surface area contributed by atoms with Crippen LogP contribution < -0.4 is 0 Å². The number of rotatable bonds is 36. The zero-order valence-electron chi connectivity index (χ0n) is 29.1. The average molecular weight is 627 g/mol. The van der Waals surface area contributed by atoms with Crippen molar-refractivity contribution in [1.29, 1.82) is 0 Å². The van der Waals surface area contributed by atoms with Gasteiger partial charge in [0.05, 0.1) is 14.2 Å². The second-order valence-corrected chi connectivity index (χ2v) is 14.1. The van der Waals surface area contributed by atoms with Crippen LogP contribution >= 0.6 is 11.8 Å². The lowest BCUT2D eigenvalue weighted by Crippen LogP contribution is -1.99. The molecule has 0 spiro atoms. The molecule has 0 N–H and O–H groups in total. The number of hydrogen-bond acceptors (Lipinski definition) is 5. The van der Waals surface area contributed by atoms with Gasteiger partial charge >= 0.3 is 11.9 Å². The third kappa shape index (κ3) is 37.4. The first kappa shape index (κ1) is 42.3. The fourth-order valence-electron chi connectivity index (χ4n) is 5.85. The molecule has 0 heterocycles. The van der Waals surface area contributed by atoms with Crippen molar-refractivity contribution in [2.75, 3.05) is 25.7 Å². The van der Waals surface area contributed by atoms with E-state index in [4.69, 9.17) is 0 Å². The highest BCUT2D eigenvalue weighted by Crippen LogP contribution is 2.17. The summed E-state index contributed by atoms with van der Waals surface area (Å²) in [6.07, 6.45) is 41.9. The van der Waals surface area contributed by atoms with E-state index in [1.54, 1.807) is 0 Å². The van der Waals surface area contributed by atoms with Gasteiger partial charge in [-0.3, -0.25) is 9.59 Å². The number of carbonyl (C=O) groups excluding carboxylic acids is 2. The van der Waals surface area contributed by atoms with E-state index in [9.17, 15) is 9.59 Å². The highest BCUT2D eigenvalue weighted by molar-refractivity contribution is 7.99. The molecule has 0 aliphatic rings. The molecule has 0 aromatic carbocycles. The van der Waals surface area contributed by atoms with Crippen LogP contribution in [0.5, 0.6) is 0 Å². The summed E-state index contributed by atoms with van der Waals surface area (Å²) in [4.78, 5) is 22.1. The van der Waals surface area contributed by atoms with Crippen molar-refractivity contribution in [1.82, 2.24) is 0 Å². The molecule has 4 nitrogen and oxygen atoms in total. The molecule has 43 heavy (non-hydrogen) atoms. The van der Waals surface area contributed by atoms with E-state index in [0.29, 0.717) is 12.8 Å². The summed E-state index contributed by atoms with van der Waals surface area (Å²) in [7, 11) is 2.95. The highest BCUT2D eigenvalue weighted by Gasteiger charge is 2.01. The van der Waals surface area contributed by atoms with Gasteiger partial charge in [0.1, 0.15) is 0 Å². The quantitative estimate of drug-likeness (QED) is 0.0511. The molecule has 0 radical (unpaired) electrons. The minimum Gasteiger partial charge on any atom is -0.469 e. The molecule has 0 atom stereocenters. The predicted octanol–water partition coefficient (Wildman–Crippen LogP) is 12.5. The van der Waals surface area contributed by atoms with Gasteiger partial charge in [-0.15, -0.1) is 0 Å². The Hall–Kier alpha value is -0.710. The second-order valence-electron chi connectivity index (χ2n) is 12.9. The molecule has 0 aliphatic carbocycles. The van der Waals surface area contributed by atoms with Crippen LogP contribution in [0, 0.1) is 0 Å². The van der Waals surface area contributed by atoms with Gasteiger partial charge in [-0.25, -0.2) is 0 Å². The summed E-state index contributed by atoms with van der Waals surface area (Å²) in [5.74, 6) is 2.62. The smallest absolute Gasteiger partial charge is 0.305 e. The van der Waals surface area contributed by atoms with Crippen LogP contribution in [0.3, 0.4) is 0 Å². The normalized spacial score (nSPS) is 11.2. The number of unbranched alkanes of at least 4 members (excludes halogenated alkanes) is 28. The number of methoxy groups -OCH3 is 2. The highest BCUT2D eigenvalue weighted by atomic mass is 32.2. The Bertz CT molecular complexity index is 520. The van der Waals surface area contributed by atoms with Gasteiger partial charge in [-0.2, -0.15) is 11.8 Å². The lowest BCUT2D eigenvalue weighted by Gasteiger charge is -2.05. The fourth-order valence-corrected chi connectivity index (χ4v) is 6.87. The average Bonchev–Trinajstić information content (AvgIpc) is 3.02. The molecule has 0 fully saturated rings. The van der Waals surface area contributed by atoms with Crippen molar-refractivity contribution in [2.24, 2.45) is 0 Å². The van der Waals surface area contributed by atoms with Crippen LogP contribution in [0.25, 0.3) is 0 Å². The second kappa shape index (κ2) is 37.5. The molecular weight excluding hydrogens is 552 g/mol. The number of ether oxygens (including phenoxy) is 2. The third-order valence-corrected chi connectivity index (χ3v) is 9.95. The number of hydrogen-bond donors (Lipinski definition) is 0. The Balaban J connectivity index is 3.06. The van der Waals surface area contributed by atoms with E-state index in [0.717, 1.165) is 12.8 Å². The summed E-state index contributed by atoms with van der Waals surface area (Å²) in [6.45, 7) is 0. The summed E-state index contributed by atoms with van der Waals surface area (Å²) >= 11 is 2.19. The molecule has 256 valence electrons. The van der Waals surface area contributed by atoms with Gasteiger partial charge < -0.3 is 9.47 Å². The van der Waals surface area contributed by atoms with Gasteiger partial charge in [-0.05, 0) is 37.2 Å². The molecular formula is C38H74O4S. The van der Waals surface area contributed by atoms with Gasteiger partial charge in [0.25, 0.3) is 0 Å². The summed E-state index contributed by atoms with van der Waals surface area (Å²) < 4.78 is 9.36. The molecule has 0 aromatic heterocycles. The van der Waals surface area contributed by atoms with Crippen molar-refractivity contribution >= 4 is 23.7 Å². The maximum atomic E-state index is 11.1. The maximum Gasteiger partial charge on any atom is 0.305 e. The molecule has 0 rings (SSSR count). The van der Waals surface area contributed by atoms with Crippen LogP contribution in [0.2, 0.25) is 0 Å². The fraction of sp³-hybridized carbons (Fsp3) is 0.947. The molecule has 0 aliphatic heterocycles. The number of carbonyl (C=O) groups is 2. The largest absolute Gasteiger partial charge is 0.469 e. The SMILES string of the molecule is COC(=O)CCCCCCCCCCCCCCCCCSCCCCCCCCCCCCCCCCCC(=O)OC. The number of esters is 2. The van der Waals surface area contributed by atoms with Crippen molar-refractivity contribution < 1.29 is 19.1 Å². The predicted molar refractivity (Wildman–Crippen MR) is 189 cm³/mol. The Morgan fingerprint density at radius 1 is 0.326 bits per heavy atom. The monoisotopic (exact) mass is 627 g/mol. The van der Waals surface area contributed by atoms with Gasteiger partial charge in [0, 0.05) is 12.8 Å². The zero-order chi connectivity index (χ0) is 31.3. The molecule has 0 saturated carbocycles. The molecule has 0 saturated heterocycles. The van der Waals surface area contributed by atoms with Crippen LogP contribution in [0.4, 0.5) is 0 Å². The number of thioether (sulfide) groups is 1. The lowest BCUT2D eigenvalue weighted by molar-refractivity contribution is -0.141. The van der Waals surface area contributed by atoms with E-state index in [2.05, 4.69) is 21.2 Å². The molecule has 0 aromatic rings.